The standard InChI is InChI=1S/C14H10BrF3N2/c15-11-10-6-5-9-13(14(9,17)18)20(10)19-12(11)7-1-3-8(16)4-2-7/h1-4,9,13H,5-6H2. The summed E-state index contributed by atoms with van der Waals surface area (Å²) in [6, 6.07) is 5.09. The maximum Gasteiger partial charge on any atom is 0.275 e. The third kappa shape index (κ3) is 1.54. The van der Waals surface area contributed by atoms with Crippen LogP contribution in [0, 0.1) is 11.7 Å². The van der Waals surface area contributed by atoms with Crippen LogP contribution in [-0.2, 0) is 6.42 Å². The van der Waals surface area contributed by atoms with Gasteiger partial charge in [0, 0.05) is 5.56 Å². The van der Waals surface area contributed by atoms with E-state index in [0.29, 0.717) is 18.5 Å². The molecule has 2 nitrogen and oxygen atoms in total. The lowest BCUT2D eigenvalue weighted by atomic mass is 10.1. The summed E-state index contributed by atoms with van der Waals surface area (Å²) in [5.74, 6) is -3.55. The minimum atomic E-state index is -2.64. The fourth-order valence-electron chi connectivity index (χ4n) is 3.04. The van der Waals surface area contributed by atoms with Crippen molar-refractivity contribution in [1.82, 2.24) is 9.78 Å². The number of hydrogen-bond acceptors (Lipinski definition) is 1. The summed E-state index contributed by atoms with van der Waals surface area (Å²) >= 11 is 3.45. The number of fused-ring (bicyclic) bond motifs is 3. The van der Waals surface area contributed by atoms with Crippen LogP contribution in [-0.4, -0.2) is 15.7 Å². The Morgan fingerprint density at radius 1 is 1.25 bits per heavy atom. The lowest BCUT2D eigenvalue weighted by Crippen LogP contribution is -2.10. The largest absolute Gasteiger partial charge is 0.275 e. The number of hydrogen-bond donors (Lipinski definition) is 0. The van der Waals surface area contributed by atoms with Crippen molar-refractivity contribution in [1.29, 1.82) is 0 Å². The van der Waals surface area contributed by atoms with Gasteiger partial charge < -0.3 is 0 Å². The molecule has 4 rings (SSSR count). The quantitative estimate of drug-likeness (QED) is 0.759. The molecule has 0 radical (unpaired) electrons. The van der Waals surface area contributed by atoms with Gasteiger partial charge >= 0.3 is 0 Å². The Balaban J connectivity index is 1.82. The van der Waals surface area contributed by atoms with Gasteiger partial charge in [-0.25, -0.2) is 13.2 Å². The first-order chi connectivity index (χ1) is 9.50. The molecule has 2 aromatic rings. The van der Waals surface area contributed by atoms with Gasteiger partial charge in [-0.3, -0.25) is 4.68 Å². The second kappa shape index (κ2) is 3.87. The second-order valence-corrected chi connectivity index (χ2v) is 6.12. The molecule has 2 unspecified atom stereocenters. The number of aromatic nitrogens is 2. The minimum absolute atomic E-state index is 0.331. The van der Waals surface area contributed by atoms with Crippen LogP contribution < -0.4 is 0 Å². The normalized spacial score (nSPS) is 26.0. The van der Waals surface area contributed by atoms with Gasteiger partial charge in [0.2, 0.25) is 0 Å². The minimum Gasteiger partial charge on any atom is -0.258 e. The van der Waals surface area contributed by atoms with E-state index in [9.17, 15) is 13.2 Å². The number of halogens is 4. The van der Waals surface area contributed by atoms with E-state index >= 15 is 0 Å². The molecule has 0 bridgehead atoms. The second-order valence-electron chi connectivity index (χ2n) is 5.33. The fourth-order valence-corrected chi connectivity index (χ4v) is 3.73. The number of rotatable bonds is 1. The molecule has 1 aliphatic heterocycles. The summed E-state index contributed by atoms with van der Waals surface area (Å²) in [6.45, 7) is 0. The zero-order valence-corrected chi connectivity index (χ0v) is 11.9. The zero-order valence-electron chi connectivity index (χ0n) is 10.3. The average Bonchev–Trinajstić information content (AvgIpc) is 2.83. The molecule has 6 heteroatoms. The maximum atomic E-state index is 13.7. The lowest BCUT2D eigenvalue weighted by molar-refractivity contribution is 0.0850. The van der Waals surface area contributed by atoms with E-state index in [1.807, 2.05) is 0 Å². The molecule has 1 saturated carbocycles. The van der Waals surface area contributed by atoms with Gasteiger partial charge in [0.25, 0.3) is 5.92 Å². The predicted molar refractivity (Wildman–Crippen MR) is 71.1 cm³/mol. The zero-order chi connectivity index (χ0) is 14.1. The van der Waals surface area contributed by atoms with Crippen LogP contribution in [0.15, 0.2) is 28.7 Å². The van der Waals surface area contributed by atoms with Crippen molar-refractivity contribution in [3.8, 4) is 11.3 Å². The summed E-state index contributed by atoms with van der Waals surface area (Å²) in [5, 5.41) is 4.34. The van der Waals surface area contributed by atoms with E-state index in [4.69, 9.17) is 0 Å². The topological polar surface area (TPSA) is 17.8 Å². The Labute approximate surface area is 121 Å². The van der Waals surface area contributed by atoms with Crippen molar-refractivity contribution in [3.05, 3.63) is 40.2 Å². The van der Waals surface area contributed by atoms with Gasteiger partial charge in [-0.2, -0.15) is 5.10 Å². The van der Waals surface area contributed by atoms with Crippen LogP contribution in [0.5, 0.6) is 0 Å². The number of benzene rings is 1. The summed E-state index contributed by atoms with van der Waals surface area (Å²) in [6.07, 6.45) is 1.08. The van der Waals surface area contributed by atoms with Crippen LogP contribution in [0.4, 0.5) is 13.2 Å². The summed E-state index contributed by atoms with van der Waals surface area (Å²) < 4.78 is 42.5. The Morgan fingerprint density at radius 2 is 1.95 bits per heavy atom. The molecule has 104 valence electrons. The molecule has 0 spiro atoms. The van der Waals surface area contributed by atoms with Gasteiger partial charge in [0.1, 0.15) is 17.6 Å². The van der Waals surface area contributed by atoms with Crippen molar-refractivity contribution in [2.24, 2.45) is 5.92 Å². The number of alkyl halides is 2. The number of nitrogens with zero attached hydrogens (tertiary/aromatic N) is 2. The first-order valence-electron chi connectivity index (χ1n) is 6.41. The Morgan fingerprint density at radius 3 is 2.65 bits per heavy atom. The smallest absolute Gasteiger partial charge is 0.258 e. The van der Waals surface area contributed by atoms with E-state index in [1.54, 1.807) is 12.1 Å². The highest BCUT2D eigenvalue weighted by Gasteiger charge is 2.71. The molecule has 0 amide bonds. The van der Waals surface area contributed by atoms with E-state index in [-0.39, 0.29) is 5.82 Å². The highest BCUT2D eigenvalue weighted by molar-refractivity contribution is 9.10. The molecule has 2 atom stereocenters. The summed E-state index contributed by atoms with van der Waals surface area (Å²) in [7, 11) is 0. The van der Waals surface area contributed by atoms with Crippen molar-refractivity contribution in [2.45, 2.75) is 24.8 Å². The van der Waals surface area contributed by atoms with E-state index in [0.717, 1.165) is 15.7 Å². The highest BCUT2D eigenvalue weighted by atomic mass is 79.9. The predicted octanol–water partition coefficient (Wildman–Crippen LogP) is 4.20. The van der Waals surface area contributed by atoms with Crippen LogP contribution in [0.1, 0.15) is 18.2 Å². The maximum absolute atomic E-state index is 13.7. The monoisotopic (exact) mass is 342 g/mol. The van der Waals surface area contributed by atoms with E-state index < -0.39 is 17.9 Å². The average molecular weight is 343 g/mol. The molecule has 2 heterocycles. The van der Waals surface area contributed by atoms with Crippen molar-refractivity contribution in [3.63, 3.8) is 0 Å². The molecule has 2 aliphatic rings. The Hall–Kier alpha value is -1.30. The van der Waals surface area contributed by atoms with Crippen LogP contribution in [0.3, 0.4) is 0 Å². The first-order valence-corrected chi connectivity index (χ1v) is 7.20. The molecule has 20 heavy (non-hydrogen) atoms. The SMILES string of the molecule is Fc1ccc(-c2nn3c(c2Br)CCC2C3C2(F)F)cc1. The first kappa shape index (κ1) is 12.4. The third-order valence-corrected chi connectivity index (χ3v) is 5.01. The molecule has 0 saturated heterocycles. The highest BCUT2D eigenvalue weighted by Crippen LogP contribution is 2.63. The van der Waals surface area contributed by atoms with Crippen LogP contribution in [0.25, 0.3) is 11.3 Å². The van der Waals surface area contributed by atoms with Crippen LogP contribution >= 0.6 is 15.9 Å². The summed E-state index contributed by atoms with van der Waals surface area (Å²) in [4.78, 5) is 0. The van der Waals surface area contributed by atoms with Crippen molar-refractivity contribution in [2.75, 3.05) is 0 Å². The molecule has 0 N–H and O–H groups in total. The Kier molecular flexibility index (Phi) is 2.41. The van der Waals surface area contributed by atoms with E-state index in [1.165, 1.54) is 16.8 Å². The molecule has 1 aliphatic carbocycles. The molecule has 1 fully saturated rings. The molecular formula is C14H10BrF3N2. The van der Waals surface area contributed by atoms with Gasteiger partial charge in [-0.15, -0.1) is 0 Å². The third-order valence-electron chi connectivity index (χ3n) is 4.18. The van der Waals surface area contributed by atoms with Crippen molar-refractivity contribution < 1.29 is 13.2 Å². The van der Waals surface area contributed by atoms with Crippen LogP contribution in [0.2, 0.25) is 0 Å². The Bertz CT molecular complexity index is 693. The van der Waals surface area contributed by atoms with Crippen molar-refractivity contribution >= 4 is 15.9 Å². The van der Waals surface area contributed by atoms with Gasteiger partial charge in [-0.05, 0) is 53.0 Å². The molecular weight excluding hydrogens is 333 g/mol. The molecule has 1 aromatic heterocycles. The van der Waals surface area contributed by atoms with Gasteiger partial charge in [-0.1, -0.05) is 0 Å². The lowest BCUT2D eigenvalue weighted by Gasteiger charge is -2.10. The fraction of sp³-hybridized carbons (Fsp3) is 0.357. The summed E-state index contributed by atoms with van der Waals surface area (Å²) in [5.41, 5.74) is 2.13. The van der Waals surface area contributed by atoms with Gasteiger partial charge in [0.05, 0.1) is 16.1 Å². The molecule has 1 aromatic carbocycles. The van der Waals surface area contributed by atoms with E-state index in [2.05, 4.69) is 21.0 Å². The van der Waals surface area contributed by atoms with Gasteiger partial charge in [0.15, 0.2) is 0 Å².